The van der Waals surface area contributed by atoms with E-state index < -0.39 is 0 Å². The maximum absolute atomic E-state index is 5.93. The Kier molecular flexibility index (Phi) is 4.79. The minimum atomic E-state index is 0.534. The van der Waals surface area contributed by atoms with Gasteiger partial charge in [0.15, 0.2) is 0 Å². The zero-order valence-electron chi connectivity index (χ0n) is 9.09. The third-order valence-electron chi connectivity index (χ3n) is 2.23. The van der Waals surface area contributed by atoms with E-state index >= 15 is 0 Å². The van der Waals surface area contributed by atoms with E-state index in [0.717, 1.165) is 11.3 Å². The van der Waals surface area contributed by atoms with Crippen molar-refractivity contribution in [3.63, 3.8) is 0 Å². The van der Waals surface area contributed by atoms with Gasteiger partial charge in [-0.25, -0.2) is 0 Å². The first-order valence-corrected chi connectivity index (χ1v) is 7.32. The zero-order valence-corrected chi connectivity index (χ0v) is 12.9. The number of ether oxygens (including phenoxy) is 1. The molecule has 0 aromatic heterocycles. The normalized spacial score (nSPS) is 10.4. The third kappa shape index (κ3) is 3.55. The standard InChI is InChI=1S/C13H8BrCl3O/c14-7-8-3-9(15)1-2-13(8)18-12-5-10(16)4-11(17)6-12/h1-6H,7H2. The Hall–Kier alpha value is -0.410. The van der Waals surface area contributed by atoms with Gasteiger partial charge in [-0.1, -0.05) is 50.7 Å². The summed E-state index contributed by atoms with van der Waals surface area (Å²) in [6.07, 6.45) is 0. The molecule has 0 amide bonds. The van der Waals surface area contributed by atoms with Crippen molar-refractivity contribution in [2.24, 2.45) is 0 Å². The predicted octanol–water partition coefficient (Wildman–Crippen LogP) is 6.33. The van der Waals surface area contributed by atoms with Crippen LogP contribution in [0.3, 0.4) is 0 Å². The molecule has 5 heteroatoms. The smallest absolute Gasteiger partial charge is 0.131 e. The van der Waals surface area contributed by atoms with Crippen LogP contribution in [0.2, 0.25) is 15.1 Å². The molecule has 0 atom stereocenters. The van der Waals surface area contributed by atoms with Gasteiger partial charge in [-0.15, -0.1) is 0 Å². The molecule has 1 nitrogen and oxygen atoms in total. The molecule has 2 aromatic rings. The van der Waals surface area contributed by atoms with Crippen molar-refractivity contribution in [3.8, 4) is 11.5 Å². The van der Waals surface area contributed by atoms with Crippen LogP contribution in [0.4, 0.5) is 0 Å². The fourth-order valence-corrected chi connectivity index (χ4v) is 2.61. The van der Waals surface area contributed by atoms with Gasteiger partial charge in [0.25, 0.3) is 0 Å². The number of alkyl halides is 1. The highest BCUT2D eigenvalue weighted by atomic mass is 79.9. The minimum Gasteiger partial charge on any atom is -0.457 e. The van der Waals surface area contributed by atoms with Gasteiger partial charge in [0.2, 0.25) is 0 Å². The number of rotatable bonds is 3. The third-order valence-corrected chi connectivity index (χ3v) is 3.51. The maximum Gasteiger partial charge on any atom is 0.131 e. The molecular formula is C13H8BrCl3O. The molecule has 0 fully saturated rings. The molecule has 0 spiro atoms. The SMILES string of the molecule is Clc1cc(Cl)cc(Oc2ccc(Cl)cc2CBr)c1. The van der Waals surface area contributed by atoms with Crippen LogP contribution < -0.4 is 4.74 Å². The predicted molar refractivity (Wildman–Crippen MR) is 80.6 cm³/mol. The molecule has 0 unspecified atom stereocenters. The van der Waals surface area contributed by atoms with Gasteiger partial charge in [0.05, 0.1) is 0 Å². The molecule has 0 bridgehead atoms. The fourth-order valence-electron chi connectivity index (χ4n) is 1.47. The van der Waals surface area contributed by atoms with E-state index in [9.17, 15) is 0 Å². The lowest BCUT2D eigenvalue weighted by Gasteiger charge is -2.10. The molecular weight excluding hydrogens is 358 g/mol. The first-order valence-electron chi connectivity index (χ1n) is 5.07. The van der Waals surface area contributed by atoms with Crippen LogP contribution in [0.5, 0.6) is 11.5 Å². The van der Waals surface area contributed by atoms with Crippen LogP contribution in [0.1, 0.15) is 5.56 Å². The summed E-state index contributed by atoms with van der Waals surface area (Å²) in [5, 5.41) is 2.39. The molecule has 0 N–H and O–H groups in total. The van der Waals surface area contributed by atoms with Crippen LogP contribution in [0, 0.1) is 0 Å². The van der Waals surface area contributed by atoms with Gasteiger partial charge in [0.1, 0.15) is 11.5 Å². The van der Waals surface area contributed by atoms with E-state index in [1.165, 1.54) is 0 Å². The Morgan fingerprint density at radius 1 is 0.889 bits per heavy atom. The highest BCUT2D eigenvalue weighted by molar-refractivity contribution is 9.08. The summed E-state index contributed by atoms with van der Waals surface area (Å²) in [6.45, 7) is 0. The Bertz CT molecular complexity index is 552. The van der Waals surface area contributed by atoms with Crippen LogP contribution in [-0.2, 0) is 5.33 Å². The molecule has 18 heavy (non-hydrogen) atoms. The zero-order chi connectivity index (χ0) is 13.1. The molecule has 94 valence electrons. The van der Waals surface area contributed by atoms with Crippen molar-refractivity contribution in [3.05, 3.63) is 57.0 Å². The second kappa shape index (κ2) is 6.16. The van der Waals surface area contributed by atoms with Crippen LogP contribution in [-0.4, -0.2) is 0 Å². The van der Waals surface area contributed by atoms with Gasteiger partial charge < -0.3 is 4.74 Å². The van der Waals surface area contributed by atoms with Gasteiger partial charge in [0, 0.05) is 26.0 Å². The van der Waals surface area contributed by atoms with Gasteiger partial charge in [-0.3, -0.25) is 0 Å². The molecule has 0 aliphatic heterocycles. The second-order valence-electron chi connectivity index (χ2n) is 3.59. The monoisotopic (exact) mass is 364 g/mol. The largest absolute Gasteiger partial charge is 0.457 e. The Labute approximate surface area is 129 Å². The number of benzene rings is 2. The summed E-state index contributed by atoms with van der Waals surface area (Å²) in [5.74, 6) is 1.31. The summed E-state index contributed by atoms with van der Waals surface area (Å²) in [6, 6.07) is 10.5. The highest BCUT2D eigenvalue weighted by Crippen LogP contribution is 2.32. The Morgan fingerprint density at radius 3 is 2.17 bits per heavy atom. The first-order chi connectivity index (χ1) is 8.58. The lowest BCUT2D eigenvalue weighted by atomic mass is 10.2. The van der Waals surface area contributed by atoms with E-state index in [1.807, 2.05) is 12.1 Å². The van der Waals surface area contributed by atoms with Crippen molar-refractivity contribution in [2.45, 2.75) is 5.33 Å². The summed E-state index contributed by atoms with van der Waals surface area (Å²) in [5.41, 5.74) is 0.957. The molecule has 0 heterocycles. The lowest BCUT2D eigenvalue weighted by Crippen LogP contribution is -1.89. The number of hydrogen-bond acceptors (Lipinski definition) is 1. The number of hydrogen-bond donors (Lipinski definition) is 0. The van der Waals surface area contributed by atoms with Crippen LogP contribution in [0.25, 0.3) is 0 Å². The minimum absolute atomic E-state index is 0.534. The van der Waals surface area contributed by atoms with E-state index in [2.05, 4.69) is 15.9 Å². The first kappa shape index (κ1) is 14.0. The van der Waals surface area contributed by atoms with Crippen molar-refractivity contribution >= 4 is 50.7 Å². The molecule has 0 aliphatic rings. The van der Waals surface area contributed by atoms with Crippen LogP contribution >= 0.6 is 50.7 Å². The van der Waals surface area contributed by atoms with Crippen LogP contribution in [0.15, 0.2) is 36.4 Å². The quantitative estimate of drug-likeness (QED) is 0.576. The molecule has 2 aromatic carbocycles. The maximum atomic E-state index is 5.93. The summed E-state index contributed by atoms with van der Waals surface area (Å²) in [7, 11) is 0. The van der Waals surface area contributed by atoms with Crippen molar-refractivity contribution in [1.82, 2.24) is 0 Å². The Balaban J connectivity index is 2.33. The van der Waals surface area contributed by atoms with E-state index in [0.29, 0.717) is 26.1 Å². The summed E-state index contributed by atoms with van der Waals surface area (Å²) in [4.78, 5) is 0. The van der Waals surface area contributed by atoms with E-state index in [-0.39, 0.29) is 0 Å². The average molecular weight is 366 g/mol. The number of halogens is 4. The summed E-state index contributed by atoms with van der Waals surface area (Å²) < 4.78 is 5.76. The molecule has 0 radical (unpaired) electrons. The molecule has 2 rings (SSSR count). The van der Waals surface area contributed by atoms with E-state index in [1.54, 1.807) is 24.3 Å². The topological polar surface area (TPSA) is 9.23 Å². The second-order valence-corrected chi connectivity index (χ2v) is 5.46. The fraction of sp³-hybridized carbons (Fsp3) is 0.0769. The Morgan fingerprint density at radius 2 is 1.56 bits per heavy atom. The van der Waals surface area contributed by atoms with Gasteiger partial charge in [-0.05, 0) is 36.4 Å². The summed E-state index contributed by atoms with van der Waals surface area (Å²) >= 11 is 21.2. The molecule has 0 saturated heterocycles. The average Bonchev–Trinajstić information content (AvgIpc) is 2.30. The van der Waals surface area contributed by atoms with E-state index in [4.69, 9.17) is 39.5 Å². The van der Waals surface area contributed by atoms with Gasteiger partial charge >= 0.3 is 0 Å². The molecule has 0 aliphatic carbocycles. The van der Waals surface area contributed by atoms with Gasteiger partial charge in [-0.2, -0.15) is 0 Å². The van der Waals surface area contributed by atoms with Crippen molar-refractivity contribution in [2.75, 3.05) is 0 Å². The lowest BCUT2D eigenvalue weighted by molar-refractivity contribution is 0.478. The van der Waals surface area contributed by atoms with Crippen molar-refractivity contribution in [1.29, 1.82) is 0 Å². The molecule has 0 saturated carbocycles. The highest BCUT2D eigenvalue weighted by Gasteiger charge is 2.06. The van der Waals surface area contributed by atoms with Crippen molar-refractivity contribution < 1.29 is 4.74 Å².